The first-order valence-corrected chi connectivity index (χ1v) is 7.10. The molecule has 0 aliphatic heterocycles. The molecule has 1 unspecified atom stereocenters. The average molecular weight is 260 g/mol. The third kappa shape index (κ3) is 2.62. The lowest BCUT2D eigenvalue weighted by atomic mass is 10.1. The molecule has 0 saturated heterocycles. The van der Waals surface area contributed by atoms with Crippen molar-refractivity contribution in [1.29, 1.82) is 0 Å². The normalized spacial score (nSPS) is 13.0. The number of hydrogen-bond acceptors (Lipinski definition) is 3. The van der Waals surface area contributed by atoms with Gasteiger partial charge in [-0.3, -0.25) is 0 Å². The van der Waals surface area contributed by atoms with Crippen LogP contribution in [0.5, 0.6) is 0 Å². The first kappa shape index (κ1) is 13.2. The maximum atomic E-state index is 6.17. The Morgan fingerprint density at radius 1 is 1.11 bits per heavy atom. The number of hydrogen-bond donors (Lipinski definition) is 1. The van der Waals surface area contributed by atoms with E-state index in [0.717, 1.165) is 10.7 Å². The van der Waals surface area contributed by atoms with E-state index in [-0.39, 0.29) is 6.04 Å². The highest BCUT2D eigenvalue weighted by atomic mass is 32.1. The molecule has 1 heterocycles. The van der Waals surface area contributed by atoms with E-state index in [2.05, 4.69) is 52.0 Å². The zero-order valence-electron chi connectivity index (χ0n) is 11.4. The molecule has 1 atom stereocenters. The van der Waals surface area contributed by atoms with E-state index in [1.54, 1.807) is 11.3 Å². The molecule has 1 aromatic heterocycles. The molecule has 2 rings (SSSR count). The van der Waals surface area contributed by atoms with Crippen LogP contribution in [-0.4, -0.2) is 4.98 Å². The van der Waals surface area contributed by atoms with E-state index in [1.807, 2.05) is 0 Å². The van der Waals surface area contributed by atoms with Gasteiger partial charge in [0.25, 0.3) is 0 Å². The molecule has 3 heteroatoms. The number of benzene rings is 1. The van der Waals surface area contributed by atoms with E-state index in [1.165, 1.54) is 16.0 Å². The molecule has 0 bridgehead atoms. The summed E-state index contributed by atoms with van der Waals surface area (Å²) < 4.78 is 0. The van der Waals surface area contributed by atoms with Gasteiger partial charge in [-0.15, -0.1) is 11.3 Å². The van der Waals surface area contributed by atoms with Crippen LogP contribution in [0.4, 0.5) is 0 Å². The number of nitrogens with zero attached hydrogens (tertiary/aromatic N) is 1. The van der Waals surface area contributed by atoms with E-state index < -0.39 is 0 Å². The van der Waals surface area contributed by atoms with Gasteiger partial charge in [-0.1, -0.05) is 43.7 Å². The number of rotatable bonds is 3. The van der Waals surface area contributed by atoms with Crippen LogP contribution in [0.3, 0.4) is 0 Å². The summed E-state index contributed by atoms with van der Waals surface area (Å²) in [7, 11) is 0. The minimum atomic E-state index is 0.0351. The zero-order valence-corrected chi connectivity index (χ0v) is 12.2. The van der Waals surface area contributed by atoms with Gasteiger partial charge in [0.15, 0.2) is 0 Å². The lowest BCUT2D eigenvalue weighted by Crippen LogP contribution is -2.16. The number of aryl methyl sites for hydroxylation is 2. The zero-order chi connectivity index (χ0) is 13.3. The van der Waals surface area contributed by atoms with Gasteiger partial charge in [0, 0.05) is 10.4 Å². The molecule has 2 aromatic rings. The average Bonchev–Trinajstić information content (AvgIpc) is 2.71. The fraction of sp³-hybridized carbons (Fsp3) is 0.400. The monoisotopic (exact) mass is 260 g/mol. The number of thiazole rings is 1. The van der Waals surface area contributed by atoms with Crippen molar-refractivity contribution in [1.82, 2.24) is 4.98 Å². The second kappa shape index (κ2) is 5.21. The van der Waals surface area contributed by atoms with Gasteiger partial charge in [0.1, 0.15) is 5.01 Å². The summed E-state index contributed by atoms with van der Waals surface area (Å²) >= 11 is 1.71. The number of aromatic nitrogens is 1. The van der Waals surface area contributed by atoms with Crippen molar-refractivity contribution in [2.75, 3.05) is 0 Å². The maximum Gasteiger partial charge on any atom is 0.111 e. The molecule has 96 valence electrons. The van der Waals surface area contributed by atoms with Crippen LogP contribution in [0.2, 0.25) is 0 Å². The van der Waals surface area contributed by atoms with Gasteiger partial charge < -0.3 is 5.73 Å². The highest BCUT2D eigenvalue weighted by Gasteiger charge is 2.17. The van der Waals surface area contributed by atoms with Gasteiger partial charge in [0.05, 0.1) is 11.7 Å². The summed E-state index contributed by atoms with van der Waals surface area (Å²) in [5.41, 5.74) is 9.69. The van der Waals surface area contributed by atoms with Gasteiger partial charge in [-0.05, 0) is 19.8 Å². The predicted octanol–water partition coefficient (Wildman–Crippen LogP) is 4.08. The molecule has 0 aliphatic rings. The summed E-state index contributed by atoms with van der Waals surface area (Å²) in [5.74, 6) is 0.418. The van der Waals surface area contributed by atoms with Crippen molar-refractivity contribution < 1.29 is 0 Å². The SMILES string of the molecule is Cc1ccc(-c2nc(C(N)C(C)C)sc2C)cc1. The highest BCUT2D eigenvalue weighted by Crippen LogP contribution is 2.32. The Labute approximate surface area is 113 Å². The van der Waals surface area contributed by atoms with Crippen LogP contribution in [0.15, 0.2) is 24.3 Å². The van der Waals surface area contributed by atoms with Crippen LogP contribution < -0.4 is 5.73 Å². The van der Waals surface area contributed by atoms with Gasteiger partial charge >= 0.3 is 0 Å². The van der Waals surface area contributed by atoms with Crippen LogP contribution in [0.25, 0.3) is 11.3 Å². The van der Waals surface area contributed by atoms with E-state index in [0.29, 0.717) is 5.92 Å². The topological polar surface area (TPSA) is 38.9 Å². The predicted molar refractivity (Wildman–Crippen MR) is 78.8 cm³/mol. The summed E-state index contributed by atoms with van der Waals surface area (Å²) in [6.07, 6.45) is 0. The quantitative estimate of drug-likeness (QED) is 0.903. The van der Waals surface area contributed by atoms with Crippen LogP contribution in [0, 0.1) is 19.8 Å². The third-order valence-electron chi connectivity index (χ3n) is 3.14. The third-order valence-corrected chi connectivity index (χ3v) is 4.21. The van der Waals surface area contributed by atoms with Crippen molar-refractivity contribution in [3.8, 4) is 11.3 Å². The lowest BCUT2D eigenvalue weighted by molar-refractivity contribution is 0.512. The Balaban J connectivity index is 2.38. The van der Waals surface area contributed by atoms with Crippen molar-refractivity contribution in [3.05, 3.63) is 39.7 Å². The van der Waals surface area contributed by atoms with Crippen molar-refractivity contribution in [3.63, 3.8) is 0 Å². The van der Waals surface area contributed by atoms with Crippen LogP contribution in [0.1, 0.15) is 35.3 Å². The molecular formula is C15H20N2S. The first-order valence-electron chi connectivity index (χ1n) is 6.29. The second-order valence-corrected chi connectivity index (χ2v) is 6.33. The first-order chi connectivity index (χ1) is 8.49. The van der Waals surface area contributed by atoms with Gasteiger partial charge in [0.2, 0.25) is 0 Å². The number of nitrogens with two attached hydrogens (primary N) is 1. The van der Waals surface area contributed by atoms with E-state index in [9.17, 15) is 0 Å². The molecule has 2 nitrogen and oxygen atoms in total. The molecule has 0 aliphatic carbocycles. The molecular weight excluding hydrogens is 240 g/mol. The standard InChI is InChI=1S/C15H20N2S/c1-9(2)13(16)15-17-14(11(4)18-15)12-7-5-10(3)6-8-12/h5-9,13H,16H2,1-4H3. The van der Waals surface area contributed by atoms with Crippen LogP contribution >= 0.6 is 11.3 Å². The van der Waals surface area contributed by atoms with Crippen LogP contribution in [-0.2, 0) is 0 Å². The van der Waals surface area contributed by atoms with Crippen molar-refractivity contribution >= 4 is 11.3 Å². The smallest absolute Gasteiger partial charge is 0.111 e. The van der Waals surface area contributed by atoms with E-state index in [4.69, 9.17) is 10.7 Å². The Kier molecular flexibility index (Phi) is 3.83. The summed E-state index contributed by atoms with van der Waals surface area (Å²) in [4.78, 5) is 5.97. The van der Waals surface area contributed by atoms with Gasteiger partial charge in [-0.25, -0.2) is 4.98 Å². The maximum absolute atomic E-state index is 6.17. The molecule has 2 N–H and O–H groups in total. The fourth-order valence-electron chi connectivity index (χ4n) is 1.82. The molecule has 0 spiro atoms. The summed E-state index contributed by atoms with van der Waals surface area (Å²) in [6, 6.07) is 8.53. The Morgan fingerprint density at radius 3 is 2.28 bits per heavy atom. The molecule has 0 saturated carbocycles. The minimum Gasteiger partial charge on any atom is -0.322 e. The minimum absolute atomic E-state index is 0.0351. The molecule has 0 amide bonds. The van der Waals surface area contributed by atoms with E-state index >= 15 is 0 Å². The fourth-order valence-corrected chi connectivity index (χ4v) is 2.94. The Hall–Kier alpha value is -1.19. The highest BCUT2D eigenvalue weighted by molar-refractivity contribution is 7.12. The Morgan fingerprint density at radius 2 is 1.72 bits per heavy atom. The van der Waals surface area contributed by atoms with Gasteiger partial charge in [-0.2, -0.15) is 0 Å². The van der Waals surface area contributed by atoms with Crippen molar-refractivity contribution in [2.24, 2.45) is 11.7 Å². The van der Waals surface area contributed by atoms with Crippen molar-refractivity contribution in [2.45, 2.75) is 33.7 Å². The second-order valence-electron chi connectivity index (χ2n) is 5.09. The summed E-state index contributed by atoms with van der Waals surface area (Å²) in [6.45, 7) is 8.47. The molecule has 0 fully saturated rings. The molecule has 0 radical (unpaired) electrons. The summed E-state index contributed by atoms with van der Waals surface area (Å²) in [5, 5.41) is 1.04. The Bertz CT molecular complexity index is 526. The molecule has 18 heavy (non-hydrogen) atoms. The molecule has 1 aromatic carbocycles. The lowest BCUT2D eigenvalue weighted by Gasteiger charge is -2.11. The largest absolute Gasteiger partial charge is 0.322 e.